The molecule has 0 radical (unpaired) electrons. The molecular formula is C13H10F3NO3S. The van der Waals surface area contributed by atoms with E-state index in [0.717, 1.165) is 11.5 Å². The Balaban J connectivity index is 2.25. The number of hydrogen-bond donors (Lipinski definition) is 0. The van der Waals surface area contributed by atoms with E-state index in [1.54, 1.807) is 18.2 Å². The average molecular weight is 317 g/mol. The van der Waals surface area contributed by atoms with Crippen LogP contribution in [-0.2, 0) is 16.1 Å². The molecule has 8 heteroatoms. The van der Waals surface area contributed by atoms with E-state index in [9.17, 15) is 22.8 Å². The molecule has 0 amide bonds. The minimum Gasteiger partial charge on any atom is -0.449 e. The van der Waals surface area contributed by atoms with Gasteiger partial charge in [0.05, 0.1) is 6.54 Å². The van der Waals surface area contributed by atoms with E-state index < -0.39 is 18.2 Å². The standard InChI is InChI=1S/C13H10F3NO3S/c14-13(15,16)12(19)20-10(9-4-2-1-3-5-9)8-17-11(18)6-7-21-17/h1-7,10H,8H2. The van der Waals surface area contributed by atoms with Crippen LogP contribution in [0.5, 0.6) is 0 Å². The molecule has 21 heavy (non-hydrogen) atoms. The molecule has 0 aliphatic heterocycles. The first-order valence-corrected chi connectivity index (χ1v) is 6.69. The number of hydrogen-bond acceptors (Lipinski definition) is 4. The van der Waals surface area contributed by atoms with Gasteiger partial charge in [0.25, 0.3) is 5.56 Å². The van der Waals surface area contributed by atoms with Crippen LogP contribution in [0.25, 0.3) is 0 Å². The fourth-order valence-corrected chi connectivity index (χ4v) is 2.37. The average Bonchev–Trinajstić information content (AvgIpc) is 2.83. The minimum absolute atomic E-state index is 0.164. The predicted molar refractivity (Wildman–Crippen MR) is 69.9 cm³/mol. The summed E-state index contributed by atoms with van der Waals surface area (Å²) < 4.78 is 42.8. The van der Waals surface area contributed by atoms with Crippen LogP contribution < -0.4 is 5.56 Å². The largest absolute Gasteiger partial charge is 0.490 e. The van der Waals surface area contributed by atoms with Gasteiger partial charge in [-0.1, -0.05) is 41.9 Å². The molecule has 1 atom stereocenters. The number of halogens is 3. The first-order chi connectivity index (χ1) is 9.88. The molecule has 0 saturated carbocycles. The number of benzene rings is 1. The summed E-state index contributed by atoms with van der Waals surface area (Å²) in [7, 11) is 0. The summed E-state index contributed by atoms with van der Waals surface area (Å²) in [5.41, 5.74) is 0.0272. The third kappa shape index (κ3) is 3.94. The molecule has 0 aliphatic carbocycles. The van der Waals surface area contributed by atoms with Crippen molar-refractivity contribution in [2.24, 2.45) is 0 Å². The second kappa shape index (κ2) is 6.13. The van der Waals surface area contributed by atoms with Crippen molar-refractivity contribution in [2.75, 3.05) is 0 Å². The SMILES string of the molecule is O=C(OC(Cn1sccc1=O)c1ccccc1)C(F)(F)F. The highest BCUT2D eigenvalue weighted by Gasteiger charge is 2.42. The summed E-state index contributed by atoms with van der Waals surface area (Å²) in [5.74, 6) is -2.28. The summed E-state index contributed by atoms with van der Waals surface area (Å²) in [6.07, 6.45) is -6.26. The molecule has 0 bridgehead atoms. The topological polar surface area (TPSA) is 48.3 Å². The summed E-state index contributed by atoms with van der Waals surface area (Å²) in [6.45, 7) is -0.164. The van der Waals surface area contributed by atoms with Crippen LogP contribution in [0.15, 0.2) is 46.6 Å². The van der Waals surface area contributed by atoms with Crippen LogP contribution >= 0.6 is 11.5 Å². The maximum absolute atomic E-state index is 12.3. The van der Waals surface area contributed by atoms with E-state index in [1.807, 2.05) is 0 Å². The number of esters is 1. The van der Waals surface area contributed by atoms with Gasteiger partial charge in [-0.25, -0.2) is 4.79 Å². The highest BCUT2D eigenvalue weighted by atomic mass is 32.1. The highest BCUT2D eigenvalue weighted by molar-refractivity contribution is 7.04. The smallest absolute Gasteiger partial charge is 0.449 e. The lowest BCUT2D eigenvalue weighted by Crippen LogP contribution is -2.29. The molecule has 1 aromatic carbocycles. The molecule has 4 nitrogen and oxygen atoms in total. The van der Waals surface area contributed by atoms with Crippen molar-refractivity contribution >= 4 is 17.5 Å². The summed E-state index contributed by atoms with van der Waals surface area (Å²) in [5, 5.41) is 1.51. The number of alkyl halides is 3. The normalized spacial score (nSPS) is 12.9. The van der Waals surface area contributed by atoms with Crippen LogP contribution in [-0.4, -0.2) is 16.1 Å². The lowest BCUT2D eigenvalue weighted by atomic mass is 10.1. The van der Waals surface area contributed by atoms with Gasteiger partial charge in [-0.05, 0) is 5.56 Å². The van der Waals surface area contributed by atoms with Gasteiger partial charge in [0.15, 0.2) is 0 Å². The fourth-order valence-electron chi connectivity index (χ4n) is 1.66. The van der Waals surface area contributed by atoms with Crippen molar-refractivity contribution in [3.05, 3.63) is 57.7 Å². The number of rotatable bonds is 4. The number of ether oxygens (including phenoxy) is 1. The molecule has 0 saturated heterocycles. The fraction of sp³-hybridized carbons (Fsp3) is 0.231. The summed E-state index contributed by atoms with van der Waals surface area (Å²) in [6, 6.07) is 9.27. The summed E-state index contributed by atoms with van der Waals surface area (Å²) in [4.78, 5) is 22.5. The Morgan fingerprint density at radius 3 is 2.43 bits per heavy atom. The zero-order chi connectivity index (χ0) is 15.5. The van der Waals surface area contributed by atoms with Crippen molar-refractivity contribution in [3.8, 4) is 0 Å². The second-order valence-electron chi connectivity index (χ2n) is 4.11. The van der Waals surface area contributed by atoms with E-state index in [1.165, 1.54) is 27.5 Å². The maximum atomic E-state index is 12.3. The van der Waals surface area contributed by atoms with Crippen LogP contribution in [0.2, 0.25) is 0 Å². The Bertz CT molecular complexity index is 663. The van der Waals surface area contributed by atoms with E-state index in [2.05, 4.69) is 4.74 Å². The lowest BCUT2D eigenvalue weighted by molar-refractivity contribution is -0.205. The molecule has 0 fully saturated rings. The number of aromatic nitrogens is 1. The zero-order valence-electron chi connectivity index (χ0n) is 10.5. The Labute approximate surface area is 121 Å². The molecule has 2 rings (SSSR count). The zero-order valence-corrected chi connectivity index (χ0v) is 11.4. The Morgan fingerprint density at radius 1 is 1.24 bits per heavy atom. The Morgan fingerprint density at radius 2 is 1.90 bits per heavy atom. The number of nitrogens with zero attached hydrogens (tertiary/aromatic N) is 1. The van der Waals surface area contributed by atoms with Crippen molar-refractivity contribution in [3.63, 3.8) is 0 Å². The van der Waals surface area contributed by atoms with E-state index in [-0.39, 0.29) is 12.1 Å². The lowest BCUT2D eigenvalue weighted by Gasteiger charge is -2.19. The van der Waals surface area contributed by atoms with E-state index in [4.69, 9.17) is 0 Å². The first-order valence-electron chi connectivity index (χ1n) is 5.85. The van der Waals surface area contributed by atoms with Gasteiger partial charge in [-0.3, -0.25) is 8.75 Å². The predicted octanol–water partition coefficient (Wildman–Crippen LogP) is 2.76. The van der Waals surface area contributed by atoms with Gasteiger partial charge in [0.2, 0.25) is 0 Å². The Hall–Kier alpha value is -2.09. The molecule has 2 aromatic rings. The third-order valence-corrected chi connectivity index (χ3v) is 3.47. The quantitative estimate of drug-likeness (QED) is 0.815. The molecule has 112 valence electrons. The molecule has 0 aliphatic rings. The minimum atomic E-state index is -5.08. The molecule has 1 heterocycles. The molecule has 0 spiro atoms. The van der Waals surface area contributed by atoms with Crippen molar-refractivity contribution in [2.45, 2.75) is 18.8 Å². The van der Waals surface area contributed by atoms with Crippen LogP contribution in [0.3, 0.4) is 0 Å². The van der Waals surface area contributed by atoms with E-state index >= 15 is 0 Å². The molecule has 1 aromatic heterocycles. The Kier molecular flexibility index (Phi) is 4.46. The molecule has 0 N–H and O–H groups in total. The van der Waals surface area contributed by atoms with Crippen molar-refractivity contribution < 1.29 is 22.7 Å². The van der Waals surface area contributed by atoms with E-state index in [0.29, 0.717) is 5.56 Å². The van der Waals surface area contributed by atoms with Gasteiger partial charge >= 0.3 is 12.1 Å². The maximum Gasteiger partial charge on any atom is 0.490 e. The second-order valence-corrected chi connectivity index (χ2v) is 5.03. The number of carbonyl (C=O) groups excluding carboxylic acids is 1. The van der Waals surface area contributed by atoms with Gasteiger partial charge in [0.1, 0.15) is 6.10 Å². The van der Waals surface area contributed by atoms with Crippen molar-refractivity contribution in [1.82, 2.24) is 3.96 Å². The first kappa shape index (κ1) is 15.3. The van der Waals surface area contributed by atoms with Gasteiger partial charge < -0.3 is 4.74 Å². The highest BCUT2D eigenvalue weighted by Crippen LogP contribution is 2.25. The monoisotopic (exact) mass is 317 g/mol. The van der Waals surface area contributed by atoms with Gasteiger partial charge in [-0.2, -0.15) is 13.2 Å². The van der Waals surface area contributed by atoms with Crippen LogP contribution in [0, 0.1) is 0 Å². The summed E-state index contributed by atoms with van der Waals surface area (Å²) >= 11 is 1.04. The third-order valence-electron chi connectivity index (χ3n) is 2.63. The van der Waals surface area contributed by atoms with Gasteiger partial charge in [0, 0.05) is 11.4 Å². The van der Waals surface area contributed by atoms with Gasteiger partial charge in [-0.15, -0.1) is 0 Å². The van der Waals surface area contributed by atoms with Crippen molar-refractivity contribution in [1.29, 1.82) is 0 Å². The molecule has 1 unspecified atom stereocenters. The van der Waals surface area contributed by atoms with Crippen LogP contribution in [0.1, 0.15) is 11.7 Å². The van der Waals surface area contributed by atoms with Crippen LogP contribution in [0.4, 0.5) is 13.2 Å². The molecular weight excluding hydrogens is 307 g/mol. The number of carbonyl (C=O) groups is 1.